The molecule has 0 aromatic rings. The molecule has 0 N–H and O–H groups in total. The zero-order valence-electron chi connectivity index (χ0n) is 15.0. The first-order valence-electron chi connectivity index (χ1n) is 9.41. The summed E-state index contributed by atoms with van der Waals surface area (Å²) in [6, 6.07) is 0. The Morgan fingerprint density at radius 1 is 0.667 bits per heavy atom. The Morgan fingerprint density at radius 3 is 1.57 bits per heavy atom. The Kier molecular flexibility index (Phi) is 17.6. The second-order valence-electron chi connectivity index (χ2n) is 7.06. The highest BCUT2D eigenvalue weighted by Crippen LogP contribution is 2.11. The van der Waals surface area contributed by atoms with Gasteiger partial charge in [0.25, 0.3) is 0 Å². The fraction of sp³-hybridized carbons (Fsp3) is 1.00. The van der Waals surface area contributed by atoms with Gasteiger partial charge in [-0.15, -0.1) is 0 Å². The minimum atomic E-state index is 0.887. The molecule has 0 radical (unpaired) electrons. The lowest BCUT2D eigenvalue weighted by Gasteiger charge is -2.16. The predicted octanol–water partition coefficient (Wildman–Crippen LogP) is 6.69. The van der Waals surface area contributed by atoms with Crippen molar-refractivity contribution in [1.29, 1.82) is 0 Å². The van der Waals surface area contributed by atoms with Gasteiger partial charge < -0.3 is 4.90 Å². The van der Waals surface area contributed by atoms with Gasteiger partial charge >= 0.3 is 0 Å². The summed E-state index contributed by atoms with van der Waals surface area (Å²) in [5.74, 6) is 0.887. The molecular formula is C19H40IN. The van der Waals surface area contributed by atoms with E-state index in [9.17, 15) is 0 Å². The number of unbranched alkanes of at least 4 members (excludes halogenated alkanes) is 9. The summed E-state index contributed by atoms with van der Waals surface area (Å²) in [5.41, 5.74) is 0. The standard InChI is InChI=1S/C19H40IN/c1-19(2)15-11-7-6-10-14-18-21(3)17-13-9-5-4-8-12-16-20/h19H,4-18H2,1-3H3. The van der Waals surface area contributed by atoms with Gasteiger partial charge in [0.2, 0.25) is 0 Å². The second-order valence-corrected chi connectivity index (χ2v) is 8.14. The van der Waals surface area contributed by atoms with Crippen LogP contribution in [0, 0.1) is 5.92 Å². The first-order valence-corrected chi connectivity index (χ1v) is 10.9. The highest BCUT2D eigenvalue weighted by molar-refractivity contribution is 14.1. The van der Waals surface area contributed by atoms with Crippen molar-refractivity contribution in [2.24, 2.45) is 5.92 Å². The molecule has 0 aliphatic heterocycles. The minimum Gasteiger partial charge on any atom is -0.306 e. The van der Waals surface area contributed by atoms with E-state index in [1.54, 1.807) is 0 Å². The molecule has 0 spiro atoms. The molecule has 21 heavy (non-hydrogen) atoms. The lowest BCUT2D eigenvalue weighted by atomic mass is 10.0. The van der Waals surface area contributed by atoms with Crippen molar-refractivity contribution in [2.75, 3.05) is 24.6 Å². The number of hydrogen-bond acceptors (Lipinski definition) is 1. The van der Waals surface area contributed by atoms with Gasteiger partial charge in [0.15, 0.2) is 0 Å². The largest absolute Gasteiger partial charge is 0.306 e. The van der Waals surface area contributed by atoms with Gasteiger partial charge in [0, 0.05) is 0 Å². The average Bonchev–Trinajstić information content (AvgIpc) is 2.45. The van der Waals surface area contributed by atoms with Gasteiger partial charge in [-0.2, -0.15) is 0 Å². The van der Waals surface area contributed by atoms with E-state index in [2.05, 4.69) is 48.4 Å². The summed E-state index contributed by atoms with van der Waals surface area (Å²) in [6.45, 7) is 7.27. The molecule has 0 unspecified atom stereocenters. The van der Waals surface area contributed by atoms with Crippen molar-refractivity contribution in [2.45, 2.75) is 90.9 Å². The molecule has 0 bridgehead atoms. The molecule has 0 saturated heterocycles. The van der Waals surface area contributed by atoms with Crippen LogP contribution in [-0.4, -0.2) is 29.5 Å². The van der Waals surface area contributed by atoms with Crippen LogP contribution in [-0.2, 0) is 0 Å². The maximum Gasteiger partial charge on any atom is -0.000473 e. The van der Waals surface area contributed by atoms with Crippen LogP contribution in [0.5, 0.6) is 0 Å². The third-order valence-electron chi connectivity index (χ3n) is 4.24. The van der Waals surface area contributed by atoms with Gasteiger partial charge in [-0.3, -0.25) is 0 Å². The van der Waals surface area contributed by atoms with Crippen molar-refractivity contribution < 1.29 is 0 Å². The van der Waals surface area contributed by atoms with E-state index in [1.807, 2.05) is 0 Å². The molecule has 0 atom stereocenters. The van der Waals surface area contributed by atoms with Crippen LogP contribution in [0.4, 0.5) is 0 Å². The highest BCUT2D eigenvalue weighted by Gasteiger charge is 1.99. The Balaban J connectivity index is 3.14. The monoisotopic (exact) mass is 409 g/mol. The van der Waals surface area contributed by atoms with E-state index in [4.69, 9.17) is 0 Å². The van der Waals surface area contributed by atoms with E-state index in [1.165, 1.54) is 94.6 Å². The van der Waals surface area contributed by atoms with Gasteiger partial charge in [-0.1, -0.05) is 94.2 Å². The molecule has 0 amide bonds. The summed E-state index contributed by atoms with van der Waals surface area (Å²) >= 11 is 2.48. The highest BCUT2D eigenvalue weighted by atomic mass is 127. The van der Waals surface area contributed by atoms with Crippen LogP contribution in [0.25, 0.3) is 0 Å². The van der Waals surface area contributed by atoms with E-state index in [0.29, 0.717) is 0 Å². The summed E-state index contributed by atoms with van der Waals surface area (Å²) in [5, 5.41) is 0. The summed E-state index contributed by atoms with van der Waals surface area (Å²) in [7, 11) is 2.30. The fourth-order valence-electron chi connectivity index (χ4n) is 2.76. The van der Waals surface area contributed by atoms with E-state index in [-0.39, 0.29) is 0 Å². The molecule has 0 fully saturated rings. The molecule has 1 nitrogen and oxygen atoms in total. The van der Waals surface area contributed by atoms with Crippen LogP contribution in [0.3, 0.4) is 0 Å². The Hall–Kier alpha value is 0.690. The van der Waals surface area contributed by atoms with E-state index < -0.39 is 0 Å². The number of nitrogens with zero attached hydrogens (tertiary/aromatic N) is 1. The van der Waals surface area contributed by atoms with Gasteiger partial charge in [-0.05, 0) is 49.7 Å². The quantitative estimate of drug-likeness (QED) is 0.156. The number of alkyl halides is 1. The fourth-order valence-corrected chi connectivity index (χ4v) is 3.30. The molecule has 0 aliphatic rings. The molecule has 128 valence electrons. The summed E-state index contributed by atoms with van der Waals surface area (Å²) in [4.78, 5) is 2.54. The molecule has 0 aliphatic carbocycles. The van der Waals surface area contributed by atoms with Crippen molar-refractivity contribution in [3.05, 3.63) is 0 Å². The number of rotatable bonds is 16. The average molecular weight is 409 g/mol. The predicted molar refractivity (Wildman–Crippen MR) is 107 cm³/mol. The number of halogens is 1. The molecule has 0 aromatic carbocycles. The topological polar surface area (TPSA) is 3.24 Å². The third kappa shape index (κ3) is 18.6. The van der Waals surface area contributed by atoms with Crippen LogP contribution in [0.2, 0.25) is 0 Å². The first kappa shape index (κ1) is 21.7. The SMILES string of the molecule is CC(C)CCCCCCCN(C)CCCCCCCCI. The summed E-state index contributed by atoms with van der Waals surface area (Å²) < 4.78 is 1.33. The molecule has 0 heterocycles. The summed E-state index contributed by atoms with van der Waals surface area (Å²) in [6.07, 6.45) is 17.1. The van der Waals surface area contributed by atoms with Crippen LogP contribution < -0.4 is 0 Å². The molecule has 0 rings (SSSR count). The smallest absolute Gasteiger partial charge is 0.000473 e. The van der Waals surface area contributed by atoms with Gasteiger partial charge in [-0.25, -0.2) is 0 Å². The lowest BCUT2D eigenvalue weighted by molar-refractivity contribution is 0.314. The van der Waals surface area contributed by atoms with Crippen molar-refractivity contribution in [3.63, 3.8) is 0 Å². The third-order valence-corrected chi connectivity index (χ3v) is 5.01. The normalized spacial score (nSPS) is 11.7. The maximum absolute atomic E-state index is 2.54. The van der Waals surface area contributed by atoms with Gasteiger partial charge in [0.1, 0.15) is 0 Å². The van der Waals surface area contributed by atoms with E-state index in [0.717, 1.165) is 5.92 Å². The molecule has 2 heteroatoms. The van der Waals surface area contributed by atoms with Crippen molar-refractivity contribution in [1.82, 2.24) is 4.90 Å². The Bertz CT molecular complexity index is 194. The van der Waals surface area contributed by atoms with E-state index >= 15 is 0 Å². The minimum absolute atomic E-state index is 0.887. The van der Waals surface area contributed by atoms with Crippen LogP contribution in [0.15, 0.2) is 0 Å². The lowest BCUT2D eigenvalue weighted by Crippen LogP contribution is -2.20. The zero-order chi connectivity index (χ0) is 15.8. The van der Waals surface area contributed by atoms with Crippen LogP contribution in [0.1, 0.15) is 90.9 Å². The van der Waals surface area contributed by atoms with Gasteiger partial charge in [0.05, 0.1) is 0 Å². The molecule has 0 aromatic heterocycles. The van der Waals surface area contributed by atoms with Crippen molar-refractivity contribution in [3.8, 4) is 0 Å². The molecule has 0 saturated carbocycles. The number of hydrogen-bond donors (Lipinski definition) is 0. The zero-order valence-corrected chi connectivity index (χ0v) is 17.2. The first-order chi connectivity index (χ1) is 10.2. The van der Waals surface area contributed by atoms with Crippen molar-refractivity contribution >= 4 is 22.6 Å². The van der Waals surface area contributed by atoms with Crippen LogP contribution >= 0.6 is 22.6 Å². The molecular weight excluding hydrogens is 369 g/mol. The Labute approximate surface area is 148 Å². The Morgan fingerprint density at radius 2 is 1.10 bits per heavy atom. The second kappa shape index (κ2) is 17.1. The maximum atomic E-state index is 2.54.